The van der Waals surface area contributed by atoms with Gasteiger partial charge in [-0.1, -0.05) is 11.8 Å². The van der Waals surface area contributed by atoms with Crippen LogP contribution in [0.15, 0.2) is 34.3 Å². The summed E-state index contributed by atoms with van der Waals surface area (Å²) in [6, 6.07) is 5.60. The number of nitrogens with zero attached hydrogens (tertiary/aromatic N) is 4. The number of benzene rings is 1. The van der Waals surface area contributed by atoms with E-state index in [-0.39, 0.29) is 10.8 Å². The molecule has 0 bridgehead atoms. The first-order valence-electron chi connectivity index (χ1n) is 6.10. The van der Waals surface area contributed by atoms with Crippen LogP contribution in [0.2, 0.25) is 0 Å². The van der Waals surface area contributed by atoms with Crippen molar-refractivity contribution in [1.82, 2.24) is 20.2 Å². The Morgan fingerprint density at radius 1 is 1.36 bits per heavy atom. The molecule has 1 aromatic heterocycles. The monoisotopic (exact) mass is 342 g/mol. The van der Waals surface area contributed by atoms with Crippen molar-refractivity contribution in [2.24, 2.45) is 12.2 Å². The Morgan fingerprint density at radius 2 is 2.00 bits per heavy atom. The molecule has 0 aliphatic heterocycles. The Bertz CT molecular complexity index is 771. The van der Waals surface area contributed by atoms with Crippen molar-refractivity contribution in [2.45, 2.75) is 22.2 Å². The lowest BCUT2D eigenvalue weighted by atomic mass is 10.3. The SMILES string of the molecule is C[C@H](Sc1nnnn1C)C(=O)Nc1ccc(S(N)(=O)=O)cc1. The highest BCUT2D eigenvalue weighted by atomic mass is 32.2. The van der Waals surface area contributed by atoms with Gasteiger partial charge in [-0.05, 0) is 41.6 Å². The van der Waals surface area contributed by atoms with Gasteiger partial charge in [-0.25, -0.2) is 18.2 Å². The quantitative estimate of drug-likeness (QED) is 0.729. The minimum atomic E-state index is -3.75. The van der Waals surface area contributed by atoms with Gasteiger partial charge in [0.2, 0.25) is 21.1 Å². The summed E-state index contributed by atoms with van der Waals surface area (Å²) >= 11 is 1.21. The molecule has 0 aliphatic carbocycles. The summed E-state index contributed by atoms with van der Waals surface area (Å²) in [6.07, 6.45) is 0. The number of aromatic nitrogens is 4. The van der Waals surface area contributed by atoms with Crippen LogP contribution in [0.5, 0.6) is 0 Å². The number of anilines is 1. The van der Waals surface area contributed by atoms with Crippen molar-refractivity contribution in [3.8, 4) is 0 Å². The summed E-state index contributed by atoms with van der Waals surface area (Å²) in [7, 11) is -2.07. The predicted octanol–water partition coefficient (Wildman–Crippen LogP) is -0.0232. The van der Waals surface area contributed by atoms with E-state index in [0.29, 0.717) is 10.8 Å². The van der Waals surface area contributed by atoms with Crippen LogP contribution in [0.25, 0.3) is 0 Å². The van der Waals surface area contributed by atoms with Crippen LogP contribution in [-0.2, 0) is 21.9 Å². The van der Waals surface area contributed by atoms with Crippen molar-refractivity contribution in [3.63, 3.8) is 0 Å². The molecule has 1 aromatic carbocycles. The third kappa shape index (κ3) is 4.02. The summed E-state index contributed by atoms with van der Waals surface area (Å²) in [5.74, 6) is -0.253. The van der Waals surface area contributed by atoms with Crippen LogP contribution in [0.4, 0.5) is 5.69 Å². The molecular weight excluding hydrogens is 328 g/mol. The van der Waals surface area contributed by atoms with E-state index >= 15 is 0 Å². The normalized spacial score (nSPS) is 12.9. The maximum Gasteiger partial charge on any atom is 0.238 e. The number of hydrogen-bond donors (Lipinski definition) is 2. The fourth-order valence-electron chi connectivity index (χ4n) is 1.50. The zero-order chi connectivity index (χ0) is 16.3. The number of amides is 1. The Kier molecular flexibility index (Phi) is 4.78. The molecule has 0 unspecified atom stereocenters. The fraction of sp³-hybridized carbons (Fsp3) is 0.273. The summed E-state index contributed by atoms with van der Waals surface area (Å²) < 4.78 is 23.8. The fourth-order valence-corrected chi connectivity index (χ4v) is 2.77. The summed E-state index contributed by atoms with van der Waals surface area (Å²) in [5.41, 5.74) is 0.473. The highest BCUT2D eigenvalue weighted by Crippen LogP contribution is 2.21. The number of aryl methyl sites for hydroxylation is 1. The van der Waals surface area contributed by atoms with Gasteiger partial charge in [-0.15, -0.1) is 5.10 Å². The lowest BCUT2D eigenvalue weighted by Gasteiger charge is -2.11. The smallest absolute Gasteiger partial charge is 0.238 e. The third-order valence-corrected chi connectivity index (χ3v) is 4.74. The van der Waals surface area contributed by atoms with Crippen LogP contribution in [0, 0.1) is 0 Å². The lowest BCUT2D eigenvalue weighted by molar-refractivity contribution is -0.115. The first-order chi connectivity index (χ1) is 10.3. The van der Waals surface area contributed by atoms with Gasteiger partial charge in [-0.3, -0.25) is 4.79 Å². The summed E-state index contributed by atoms with van der Waals surface area (Å²) in [4.78, 5) is 12.1. The number of nitrogens with one attached hydrogen (secondary N) is 1. The number of hydrogen-bond acceptors (Lipinski definition) is 7. The number of carbonyl (C=O) groups is 1. The van der Waals surface area contributed by atoms with E-state index in [2.05, 4.69) is 20.8 Å². The van der Waals surface area contributed by atoms with Crippen molar-refractivity contribution in [3.05, 3.63) is 24.3 Å². The first kappa shape index (κ1) is 16.4. The third-order valence-electron chi connectivity index (χ3n) is 2.68. The Hall–Kier alpha value is -1.98. The Labute approximate surface area is 131 Å². The molecule has 11 heteroatoms. The van der Waals surface area contributed by atoms with Gasteiger partial charge in [-0.2, -0.15) is 0 Å². The molecular formula is C11H14N6O3S2. The molecule has 0 radical (unpaired) electrons. The molecule has 118 valence electrons. The number of primary sulfonamides is 1. The largest absolute Gasteiger partial charge is 0.325 e. The molecule has 9 nitrogen and oxygen atoms in total. The lowest BCUT2D eigenvalue weighted by Crippen LogP contribution is -2.23. The van der Waals surface area contributed by atoms with Crippen molar-refractivity contribution in [1.29, 1.82) is 0 Å². The molecule has 1 amide bonds. The molecule has 0 fully saturated rings. The zero-order valence-corrected chi connectivity index (χ0v) is 13.4. The van der Waals surface area contributed by atoms with E-state index < -0.39 is 15.3 Å². The second kappa shape index (κ2) is 6.42. The molecule has 1 atom stereocenters. The van der Waals surface area contributed by atoms with Crippen LogP contribution >= 0.6 is 11.8 Å². The molecule has 3 N–H and O–H groups in total. The Balaban J connectivity index is 2.01. The molecule has 1 heterocycles. The summed E-state index contributed by atoms with van der Waals surface area (Å²) in [5, 5.41) is 18.7. The van der Waals surface area contributed by atoms with E-state index in [0.717, 1.165) is 0 Å². The highest BCUT2D eigenvalue weighted by Gasteiger charge is 2.18. The highest BCUT2D eigenvalue weighted by molar-refractivity contribution is 8.00. The van der Waals surface area contributed by atoms with Crippen molar-refractivity contribution in [2.75, 3.05) is 5.32 Å². The molecule has 2 aromatic rings. The number of thioether (sulfide) groups is 1. The van der Waals surface area contributed by atoms with Gasteiger partial charge in [0.1, 0.15) is 0 Å². The standard InChI is InChI=1S/C11H14N6O3S2/c1-7(21-11-14-15-16-17(11)2)10(18)13-8-3-5-9(6-4-8)22(12,19)20/h3-7H,1-2H3,(H,13,18)(H2,12,19,20)/t7-/m0/s1. The first-order valence-corrected chi connectivity index (χ1v) is 8.52. The maximum absolute atomic E-state index is 12.1. The van der Waals surface area contributed by atoms with Gasteiger partial charge in [0.25, 0.3) is 0 Å². The van der Waals surface area contributed by atoms with Gasteiger partial charge in [0.05, 0.1) is 10.1 Å². The van der Waals surface area contributed by atoms with Crippen LogP contribution in [-0.4, -0.2) is 39.8 Å². The van der Waals surface area contributed by atoms with Crippen LogP contribution in [0.1, 0.15) is 6.92 Å². The number of sulfonamides is 1. The van der Waals surface area contributed by atoms with E-state index in [9.17, 15) is 13.2 Å². The van der Waals surface area contributed by atoms with Gasteiger partial charge in [0.15, 0.2) is 0 Å². The van der Waals surface area contributed by atoms with Gasteiger partial charge in [0, 0.05) is 12.7 Å². The molecule has 2 rings (SSSR count). The molecule has 22 heavy (non-hydrogen) atoms. The number of nitrogens with two attached hydrogens (primary N) is 1. The van der Waals surface area contributed by atoms with Gasteiger partial charge < -0.3 is 5.32 Å². The molecule has 0 saturated carbocycles. The second-order valence-electron chi connectivity index (χ2n) is 4.40. The van der Waals surface area contributed by atoms with E-state index in [1.807, 2.05) is 0 Å². The maximum atomic E-state index is 12.1. The average Bonchev–Trinajstić information content (AvgIpc) is 2.84. The minimum Gasteiger partial charge on any atom is -0.325 e. The number of tetrazole rings is 1. The van der Waals surface area contributed by atoms with Crippen molar-refractivity contribution < 1.29 is 13.2 Å². The Morgan fingerprint density at radius 3 is 2.50 bits per heavy atom. The second-order valence-corrected chi connectivity index (χ2v) is 7.27. The predicted molar refractivity (Wildman–Crippen MR) is 80.6 cm³/mol. The van der Waals surface area contributed by atoms with E-state index in [1.54, 1.807) is 14.0 Å². The minimum absolute atomic E-state index is 0.0157. The summed E-state index contributed by atoms with van der Waals surface area (Å²) in [6.45, 7) is 1.72. The molecule has 0 spiro atoms. The topological polar surface area (TPSA) is 133 Å². The van der Waals surface area contributed by atoms with E-state index in [4.69, 9.17) is 5.14 Å². The average molecular weight is 342 g/mol. The molecule has 0 aliphatic rings. The van der Waals surface area contributed by atoms with Gasteiger partial charge >= 0.3 is 0 Å². The zero-order valence-electron chi connectivity index (χ0n) is 11.8. The van der Waals surface area contributed by atoms with Crippen LogP contribution < -0.4 is 10.5 Å². The number of rotatable bonds is 5. The number of carbonyl (C=O) groups excluding carboxylic acids is 1. The molecule has 0 saturated heterocycles. The van der Waals surface area contributed by atoms with Crippen LogP contribution in [0.3, 0.4) is 0 Å². The van der Waals surface area contributed by atoms with E-state index in [1.165, 1.54) is 40.7 Å². The van der Waals surface area contributed by atoms with Crippen molar-refractivity contribution >= 4 is 33.4 Å².